The highest BCUT2D eigenvalue weighted by molar-refractivity contribution is 5.66. The van der Waals surface area contributed by atoms with Crippen LogP contribution in [0, 0.1) is 5.92 Å². The predicted molar refractivity (Wildman–Crippen MR) is 133 cm³/mol. The molecule has 6 rings (SSSR count). The third-order valence-corrected chi connectivity index (χ3v) is 7.74. The Morgan fingerprint density at radius 2 is 1.69 bits per heavy atom. The van der Waals surface area contributed by atoms with E-state index in [9.17, 15) is 9.90 Å². The Morgan fingerprint density at radius 3 is 2.51 bits per heavy atom. The van der Waals surface area contributed by atoms with Crippen molar-refractivity contribution in [1.29, 1.82) is 0 Å². The molecule has 0 radical (unpaired) electrons. The number of hydrogen-bond acceptors (Lipinski definition) is 6. The quantitative estimate of drug-likeness (QED) is 0.591. The molecule has 2 fully saturated rings. The number of morpholine rings is 1. The molecule has 3 aromatic rings. The number of benzene rings is 1. The van der Waals surface area contributed by atoms with E-state index in [-0.39, 0.29) is 12.2 Å². The Bertz CT molecular complexity index is 1240. The first-order chi connectivity index (χ1) is 17.2. The minimum absolute atomic E-state index is 0.0700. The molecule has 0 aliphatic carbocycles. The van der Waals surface area contributed by atoms with Gasteiger partial charge in [0.05, 0.1) is 19.8 Å². The van der Waals surface area contributed by atoms with Crippen LogP contribution in [0.4, 0.5) is 0 Å². The first-order valence-electron chi connectivity index (χ1n) is 12.7. The summed E-state index contributed by atoms with van der Waals surface area (Å²) >= 11 is 0. The molecular formula is C28H33N3O4. The van der Waals surface area contributed by atoms with Gasteiger partial charge in [0.1, 0.15) is 18.1 Å². The number of rotatable bonds is 6. The molecule has 2 atom stereocenters. The molecule has 3 aliphatic rings. The van der Waals surface area contributed by atoms with E-state index in [2.05, 4.69) is 34.1 Å². The van der Waals surface area contributed by atoms with E-state index in [0.29, 0.717) is 17.6 Å². The third-order valence-electron chi connectivity index (χ3n) is 7.74. The molecule has 2 saturated heterocycles. The zero-order valence-electron chi connectivity index (χ0n) is 20.1. The highest BCUT2D eigenvalue weighted by atomic mass is 16.5. The van der Waals surface area contributed by atoms with Crippen LogP contribution < -0.4 is 5.56 Å². The fourth-order valence-corrected chi connectivity index (χ4v) is 6.11. The Labute approximate surface area is 205 Å². The highest BCUT2D eigenvalue weighted by Crippen LogP contribution is 2.36. The van der Waals surface area contributed by atoms with Crippen LogP contribution in [0.15, 0.2) is 57.7 Å². The number of aliphatic hydroxyl groups is 1. The summed E-state index contributed by atoms with van der Waals surface area (Å²) in [5, 5.41) is 9.28. The molecule has 0 amide bonds. The SMILES string of the molecule is O=c1c(-c2ccccc2CN2CCOCC2)ccc2n1C[C@H]1C[C@@H]2CN(Cc2ccc(CO)o2)C1. The van der Waals surface area contributed by atoms with Gasteiger partial charge in [0.2, 0.25) is 0 Å². The van der Waals surface area contributed by atoms with Crippen LogP contribution >= 0.6 is 0 Å². The summed E-state index contributed by atoms with van der Waals surface area (Å²) in [5.41, 5.74) is 4.35. The fraction of sp³-hybridized carbons (Fsp3) is 0.464. The minimum atomic E-state index is -0.0700. The van der Waals surface area contributed by atoms with Gasteiger partial charge in [0.25, 0.3) is 5.56 Å². The van der Waals surface area contributed by atoms with Gasteiger partial charge in [-0.2, -0.15) is 0 Å². The summed E-state index contributed by atoms with van der Waals surface area (Å²) in [6, 6.07) is 16.4. The van der Waals surface area contributed by atoms with Gasteiger partial charge in [-0.1, -0.05) is 24.3 Å². The van der Waals surface area contributed by atoms with Crippen LogP contribution in [0.5, 0.6) is 0 Å². The molecule has 7 nitrogen and oxygen atoms in total. The average molecular weight is 476 g/mol. The van der Waals surface area contributed by atoms with E-state index in [0.717, 1.165) is 88.0 Å². The average Bonchev–Trinajstić information content (AvgIpc) is 3.33. The lowest BCUT2D eigenvalue weighted by Crippen LogP contribution is -2.46. The number of pyridine rings is 1. The monoisotopic (exact) mass is 475 g/mol. The standard InChI is InChI=1S/C28H33N3O4/c32-19-24-6-5-23(35-24)18-30-14-20-13-22(17-30)27-8-7-26(28(33)31(27)15-20)25-4-2-1-3-21(25)16-29-9-11-34-12-10-29/h1-8,20,22,32H,9-19H2/t20-,22+/m0/s1. The molecule has 5 heterocycles. The number of piperidine rings is 1. The number of ether oxygens (including phenoxy) is 1. The van der Waals surface area contributed by atoms with Crippen LogP contribution in [-0.4, -0.2) is 58.9 Å². The van der Waals surface area contributed by atoms with Crippen molar-refractivity contribution >= 4 is 0 Å². The lowest BCUT2D eigenvalue weighted by molar-refractivity contribution is 0.0342. The van der Waals surface area contributed by atoms with Crippen molar-refractivity contribution in [3.63, 3.8) is 0 Å². The Morgan fingerprint density at radius 1 is 0.857 bits per heavy atom. The molecule has 1 N–H and O–H groups in total. The van der Waals surface area contributed by atoms with Gasteiger partial charge < -0.3 is 18.8 Å². The molecule has 3 aliphatic heterocycles. The first kappa shape index (κ1) is 22.7. The smallest absolute Gasteiger partial charge is 0.258 e. The van der Waals surface area contributed by atoms with Crippen molar-refractivity contribution in [1.82, 2.24) is 14.4 Å². The van der Waals surface area contributed by atoms with E-state index in [1.807, 2.05) is 28.8 Å². The number of hydrogen-bond donors (Lipinski definition) is 1. The lowest BCUT2D eigenvalue weighted by Gasteiger charge is -2.42. The van der Waals surface area contributed by atoms with Crippen molar-refractivity contribution < 1.29 is 14.3 Å². The molecule has 35 heavy (non-hydrogen) atoms. The van der Waals surface area contributed by atoms with E-state index >= 15 is 0 Å². The summed E-state index contributed by atoms with van der Waals surface area (Å²) in [7, 11) is 0. The Balaban J connectivity index is 1.25. The summed E-state index contributed by atoms with van der Waals surface area (Å²) < 4.78 is 13.3. The van der Waals surface area contributed by atoms with Gasteiger partial charge >= 0.3 is 0 Å². The number of aromatic nitrogens is 1. The molecule has 2 bridgehead atoms. The fourth-order valence-electron chi connectivity index (χ4n) is 6.11. The zero-order chi connectivity index (χ0) is 23.8. The van der Waals surface area contributed by atoms with Crippen LogP contribution in [0.3, 0.4) is 0 Å². The van der Waals surface area contributed by atoms with Crippen molar-refractivity contribution in [2.75, 3.05) is 39.4 Å². The molecule has 0 unspecified atom stereocenters. The number of fused-ring (bicyclic) bond motifs is 4. The van der Waals surface area contributed by atoms with Crippen LogP contribution in [0.25, 0.3) is 11.1 Å². The maximum absolute atomic E-state index is 13.8. The van der Waals surface area contributed by atoms with Gasteiger partial charge in [-0.3, -0.25) is 14.6 Å². The highest BCUT2D eigenvalue weighted by Gasteiger charge is 2.35. The maximum atomic E-state index is 13.8. The van der Waals surface area contributed by atoms with E-state index < -0.39 is 0 Å². The minimum Gasteiger partial charge on any atom is -0.462 e. The summed E-state index contributed by atoms with van der Waals surface area (Å²) in [5.74, 6) is 2.29. The molecule has 0 spiro atoms. The topological polar surface area (TPSA) is 71.1 Å². The number of aliphatic hydroxyl groups excluding tert-OH is 1. The maximum Gasteiger partial charge on any atom is 0.258 e. The Hall–Kier alpha value is -2.71. The number of likely N-dealkylation sites (tertiary alicyclic amines) is 1. The second kappa shape index (κ2) is 9.74. The summed E-state index contributed by atoms with van der Waals surface area (Å²) in [6.45, 7) is 7.54. The molecule has 184 valence electrons. The van der Waals surface area contributed by atoms with Gasteiger partial charge in [-0.25, -0.2) is 0 Å². The van der Waals surface area contributed by atoms with Crippen LogP contribution in [0.1, 0.15) is 35.1 Å². The largest absolute Gasteiger partial charge is 0.462 e. The summed E-state index contributed by atoms with van der Waals surface area (Å²) in [4.78, 5) is 18.6. The van der Waals surface area contributed by atoms with Crippen molar-refractivity contribution in [3.8, 4) is 11.1 Å². The number of nitrogens with zero attached hydrogens (tertiary/aromatic N) is 3. The van der Waals surface area contributed by atoms with E-state index in [1.165, 1.54) is 5.56 Å². The Kier molecular flexibility index (Phi) is 6.33. The molecular weight excluding hydrogens is 442 g/mol. The van der Waals surface area contributed by atoms with Crippen molar-refractivity contribution in [2.45, 2.75) is 38.6 Å². The lowest BCUT2D eigenvalue weighted by atomic mass is 9.82. The molecule has 7 heteroatoms. The second-order valence-corrected chi connectivity index (χ2v) is 10.2. The molecule has 2 aromatic heterocycles. The predicted octanol–water partition coefficient (Wildman–Crippen LogP) is 3.05. The first-order valence-corrected chi connectivity index (χ1v) is 12.7. The van der Waals surface area contributed by atoms with Crippen molar-refractivity contribution in [3.05, 3.63) is 81.7 Å². The van der Waals surface area contributed by atoms with Gasteiger partial charge in [-0.15, -0.1) is 0 Å². The van der Waals surface area contributed by atoms with Gasteiger partial charge in [0.15, 0.2) is 0 Å². The van der Waals surface area contributed by atoms with Gasteiger partial charge in [-0.05, 0) is 47.7 Å². The van der Waals surface area contributed by atoms with Gasteiger partial charge in [0, 0.05) is 56.4 Å². The van der Waals surface area contributed by atoms with E-state index in [1.54, 1.807) is 0 Å². The van der Waals surface area contributed by atoms with Crippen LogP contribution in [-0.2, 0) is 31.0 Å². The summed E-state index contributed by atoms with van der Waals surface area (Å²) in [6.07, 6.45) is 1.13. The second-order valence-electron chi connectivity index (χ2n) is 10.2. The third kappa shape index (κ3) is 4.61. The number of furan rings is 1. The zero-order valence-corrected chi connectivity index (χ0v) is 20.1. The van der Waals surface area contributed by atoms with E-state index in [4.69, 9.17) is 9.15 Å². The van der Waals surface area contributed by atoms with Crippen molar-refractivity contribution in [2.24, 2.45) is 5.92 Å². The van der Waals surface area contributed by atoms with Crippen LogP contribution in [0.2, 0.25) is 0 Å². The molecule has 1 aromatic carbocycles. The molecule has 0 saturated carbocycles. The normalized spacial score (nSPS) is 22.8.